The zero-order valence-corrected chi connectivity index (χ0v) is 12.1. The van der Waals surface area contributed by atoms with Crippen molar-refractivity contribution >= 4 is 38.9 Å². The first-order valence-electron chi connectivity index (χ1n) is 5.25. The Morgan fingerprint density at radius 2 is 1.65 bits per heavy atom. The van der Waals surface area contributed by atoms with Gasteiger partial charge >= 0.3 is 0 Å². The van der Waals surface area contributed by atoms with Gasteiger partial charge in [-0.2, -0.15) is 0 Å². The van der Waals surface area contributed by atoms with Gasteiger partial charge in [-0.15, -0.1) is 0 Å². The third-order valence-corrected chi connectivity index (χ3v) is 4.13. The molecule has 2 N–H and O–H groups in total. The molecule has 0 bridgehead atoms. The van der Waals surface area contributed by atoms with E-state index in [0.29, 0.717) is 0 Å². The summed E-state index contributed by atoms with van der Waals surface area (Å²) in [7, 11) is -4.04. The fraction of sp³-hybridized carbons (Fsp3) is 0. The molecular weight excluding hydrogens is 328 g/mol. The van der Waals surface area contributed by atoms with E-state index in [1.165, 1.54) is 18.2 Å². The molecule has 4 nitrogen and oxygen atoms in total. The van der Waals surface area contributed by atoms with Crippen molar-refractivity contribution in [3.05, 3.63) is 52.3 Å². The highest BCUT2D eigenvalue weighted by atomic mass is 35.5. The third kappa shape index (κ3) is 3.33. The number of nitrogens with one attached hydrogen (secondary N) is 1. The summed E-state index contributed by atoms with van der Waals surface area (Å²) in [6, 6.07) is 6.65. The Bertz CT molecular complexity index is 745. The molecule has 0 amide bonds. The van der Waals surface area contributed by atoms with E-state index < -0.39 is 21.6 Å². The summed E-state index contributed by atoms with van der Waals surface area (Å²) < 4.78 is 39.3. The maximum absolute atomic E-state index is 13.1. The highest BCUT2D eigenvalue weighted by Gasteiger charge is 2.17. The minimum atomic E-state index is -4.04. The predicted molar refractivity (Wildman–Crippen MR) is 75.3 cm³/mol. The maximum Gasteiger partial charge on any atom is 0.262 e. The molecule has 8 heteroatoms. The van der Waals surface area contributed by atoms with Gasteiger partial charge in [-0.05, 0) is 30.3 Å². The number of anilines is 1. The number of aromatic hydroxyl groups is 1. The standard InChI is InChI=1S/C12H8Cl2FNO3S/c13-7-3-8(14)5-10(4-7)20(18,19)16-11-6-9(15)1-2-12(11)17/h1-6,16-17H. The van der Waals surface area contributed by atoms with Crippen LogP contribution in [0.25, 0.3) is 0 Å². The van der Waals surface area contributed by atoms with E-state index in [9.17, 15) is 17.9 Å². The first-order valence-corrected chi connectivity index (χ1v) is 7.49. The lowest BCUT2D eigenvalue weighted by molar-refractivity contribution is 0.475. The van der Waals surface area contributed by atoms with Crippen LogP contribution in [0.5, 0.6) is 5.75 Å². The van der Waals surface area contributed by atoms with Gasteiger partial charge in [0.1, 0.15) is 11.6 Å². The molecule has 20 heavy (non-hydrogen) atoms. The van der Waals surface area contributed by atoms with Crippen LogP contribution in [0.4, 0.5) is 10.1 Å². The second kappa shape index (κ2) is 5.47. The lowest BCUT2D eigenvalue weighted by Gasteiger charge is -2.10. The van der Waals surface area contributed by atoms with E-state index in [2.05, 4.69) is 4.72 Å². The van der Waals surface area contributed by atoms with Crippen LogP contribution >= 0.6 is 23.2 Å². The SMILES string of the molecule is O=S(=O)(Nc1cc(F)ccc1O)c1cc(Cl)cc(Cl)c1. The zero-order chi connectivity index (χ0) is 14.9. The van der Waals surface area contributed by atoms with Crippen molar-refractivity contribution in [1.82, 2.24) is 0 Å². The van der Waals surface area contributed by atoms with E-state index in [1.807, 2.05) is 0 Å². The van der Waals surface area contributed by atoms with Crippen LogP contribution in [0.15, 0.2) is 41.3 Å². The van der Waals surface area contributed by atoms with Crippen LogP contribution in [0.1, 0.15) is 0 Å². The van der Waals surface area contributed by atoms with Gasteiger partial charge in [-0.25, -0.2) is 12.8 Å². The fourth-order valence-electron chi connectivity index (χ4n) is 1.48. The molecule has 0 aliphatic rings. The minimum Gasteiger partial charge on any atom is -0.506 e. The number of halogens is 3. The summed E-state index contributed by atoms with van der Waals surface area (Å²) >= 11 is 11.5. The molecule has 0 heterocycles. The predicted octanol–water partition coefficient (Wildman–Crippen LogP) is 3.64. The van der Waals surface area contributed by atoms with Crippen molar-refractivity contribution in [2.45, 2.75) is 4.90 Å². The first kappa shape index (κ1) is 14.9. The number of hydrogen-bond acceptors (Lipinski definition) is 3. The van der Waals surface area contributed by atoms with Gasteiger partial charge in [-0.3, -0.25) is 4.72 Å². The minimum absolute atomic E-state index is 0.140. The molecule has 0 aliphatic heterocycles. The molecule has 0 saturated heterocycles. The van der Waals surface area contributed by atoms with Crippen LogP contribution in [0.3, 0.4) is 0 Å². The Kier molecular flexibility index (Phi) is 4.08. The van der Waals surface area contributed by atoms with Crippen molar-refractivity contribution in [2.24, 2.45) is 0 Å². The summed E-state index contributed by atoms with van der Waals surface area (Å²) in [5.74, 6) is -1.09. The van der Waals surface area contributed by atoms with Gasteiger partial charge in [0.05, 0.1) is 10.6 Å². The Labute approximate surface area is 124 Å². The van der Waals surface area contributed by atoms with E-state index >= 15 is 0 Å². The Morgan fingerprint density at radius 1 is 1.05 bits per heavy atom. The molecule has 0 atom stereocenters. The van der Waals surface area contributed by atoms with Crippen LogP contribution in [-0.2, 0) is 10.0 Å². The first-order chi connectivity index (χ1) is 9.28. The van der Waals surface area contributed by atoms with E-state index in [-0.39, 0.29) is 20.6 Å². The molecule has 0 aliphatic carbocycles. The van der Waals surface area contributed by atoms with E-state index in [4.69, 9.17) is 23.2 Å². The average Bonchev–Trinajstić information content (AvgIpc) is 2.32. The average molecular weight is 336 g/mol. The Morgan fingerprint density at radius 3 is 2.25 bits per heavy atom. The molecule has 0 fully saturated rings. The second-order valence-corrected chi connectivity index (χ2v) is 6.43. The molecule has 0 spiro atoms. The van der Waals surface area contributed by atoms with Gasteiger partial charge < -0.3 is 5.11 Å². The van der Waals surface area contributed by atoms with Crippen molar-refractivity contribution in [3.63, 3.8) is 0 Å². The highest BCUT2D eigenvalue weighted by molar-refractivity contribution is 7.92. The summed E-state index contributed by atoms with van der Waals surface area (Å²) in [6.45, 7) is 0. The number of sulfonamides is 1. The summed E-state index contributed by atoms with van der Waals surface area (Å²) in [5.41, 5.74) is -0.277. The van der Waals surface area contributed by atoms with Crippen molar-refractivity contribution < 1.29 is 17.9 Å². The van der Waals surface area contributed by atoms with Crippen molar-refractivity contribution in [1.29, 1.82) is 0 Å². The summed E-state index contributed by atoms with van der Waals surface area (Å²) in [4.78, 5) is -0.196. The monoisotopic (exact) mass is 335 g/mol. The van der Waals surface area contributed by atoms with Crippen LogP contribution < -0.4 is 4.72 Å². The van der Waals surface area contributed by atoms with Gasteiger partial charge in [0.2, 0.25) is 0 Å². The molecule has 0 aromatic heterocycles. The topological polar surface area (TPSA) is 66.4 Å². The zero-order valence-electron chi connectivity index (χ0n) is 9.77. The van der Waals surface area contributed by atoms with E-state index in [0.717, 1.165) is 18.2 Å². The fourth-order valence-corrected chi connectivity index (χ4v) is 3.27. The van der Waals surface area contributed by atoms with Gasteiger partial charge in [0, 0.05) is 16.1 Å². The summed E-state index contributed by atoms with van der Waals surface area (Å²) in [5, 5.41) is 9.79. The molecular formula is C12H8Cl2FNO3S. The molecule has 106 valence electrons. The molecule has 2 rings (SSSR count). The summed E-state index contributed by atoms with van der Waals surface area (Å²) in [6.07, 6.45) is 0. The number of phenolic OH excluding ortho intramolecular Hbond substituents is 1. The molecule has 2 aromatic rings. The van der Waals surface area contributed by atoms with Crippen molar-refractivity contribution in [2.75, 3.05) is 4.72 Å². The largest absolute Gasteiger partial charge is 0.506 e. The Balaban J connectivity index is 2.43. The third-order valence-electron chi connectivity index (χ3n) is 2.35. The molecule has 0 unspecified atom stereocenters. The van der Waals surface area contributed by atoms with Gasteiger partial charge in [-0.1, -0.05) is 23.2 Å². The quantitative estimate of drug-likeness (QED) is 0.841. The van der Waals surface area contributed by atoms with Gasteiger partial charge in [0.25, 0.3) is 10.0 Å². The van der Waals surface area contributed by atoms with Crippen LogP contribution in [0, 0.1) is 5.82 Å². The van der Waals surface area contributed by atoms with Crippen LogP contribution in [-0.4, -0.2) is 13.5 Å². The number of phenols is 1. The number of benzene rings is 2. The Hall–Kier alpha value is -1.50. The number of rotatable bonds is 3. The van der Waals surface area contributed by atoms with Crippen molar-refractivity contribution in [3.8, 4) is 5.75 Å². The molecule has 0 radical (unpaired) electrons. The van der Waals surface area contributed by atoms with Crippen LogP contribution in [0.2, 0.25) is 10.0 Å². The van der Waals surface area contributed by atoms with E-state index in [1.54, 1.807) is 0 Å². The molecule has 0 saturated carbocycles. The lowest BCUT2D eigenvalue weighted by atomic mass is 10.3. The smallest absolute Gasteiger partial charge is 0.262 e. The molecule has 2 aromatic carbocycles. The number of hydrogen-bond donors (Lipinski definition) is 2. The lowest BCUT2D eigenvalue weighted by Crippen LogP contribution is -2.13. The maximum atomic E-state index is 13.1. The van der Waals surface area contributed by atoms with Gasteiger partial charge in [0.15, 0.2) is 0 Å². The second-order valence-electron chi connectivity index (χ2n) is 3.87. The normalized spacial score (nSPS) is 11.3. The highest BCUT2D eigenvalue weighted by Crippen LogP contribution is 2.28.